The molecule has 1 aliphatic heterocycles. The van der Waals surface area contributed by atoms with Crippen LogP contribution in [0, 0.1) is 6.92 Å². The lowest BCUT2D eigenvalue weighted by molar-refractivity contribution is -0.131. The second-order valence-electron chi connectivity index (χ2n) is 5.71. The van der Waals surface area contributed by atoms with Gasteiger partial charge in [-0.25, -0.2) is 4.79 Å². The maximum Gasteiger partial charge on any atom is 0.407 e. The Labute approximate surface area is 131 Å². The van der Waals surface area contributed by atoms with Crippen molar-refractivity contribution in [3.63, 3.8) is 0 Å². The van der Waals surface area contributed by atoms with E-state index in [9.17, 15) is 9.59 Å². The zero-order chi connectivity index (χ0) is 15.9. The monoisotopic (exact) mass is 304 g/mol. The van der Waals surface area contributed by atoms with Crippen LogP contribution in [0.1, 0.15) is 30.9 Å². The molecule has 2 rings (SSSR count). The number of aryl methyl sites for hydroxylation is 1. The molecule has 1 aromatic carbocycles. The Kier molecular flexibility index (Phi) is 5.81. The first-order valence-corrected chi connectivity index (χ1v) is 7.85. The number of hydrogen-bond acceptors (Lipinski definition) is 3. The van der Waals surface area contributed by atoms with Crippen molar-refractivity contribution in [2.24, 2.45) is 0 Å². The van der Waals surface area contributed by atoms with Crippen molar-refractivity contribution in [3.05, 3.63) is 35.4 Å². The van der Waals surface area contributed by atoms with Crippen LogP contribution in [0.25, 0.3) is 0 Å². The molecule has 5 nitrogen and oxygen atoms in total. The highest BCUT2D eigenvalue weighted by atomic mass is 16.5. The highest BCUT2D eigenvalue weighted by Gasteiger charge is 2.25. The SMILES string of the molecule is CCOC(=O)NC1CCCN(C(=O)Cc2ccc(C)cc2)C1. The summed E-state index contributed by atoms with van der Waals surface area (Å²) in [5.41, 5.74) is 2.21. The minimum absolute atomic E-state index is 0.0187. The van der Waals surface area contributed by atoms with Gasteiger partial charge in [-0.2, -0.15) is 0 Å². The lowest BCUT2D eigenvalue weighted by Gasteiger charge is -2.33. The number of amides is 2. The maximum atomic E-state index is 12.4. The molecule has 1 aromatic rings. The van der Waals surface area contributed by atoms with Crippen LogP contribution >= 0.6 is 0 Å². The van der Waals surface area contributed by atoms with E-state index in [2.05, 4.69) is 5.32 Å². The normalized spacial score (nSPS) is 17.9. The van der Waals surface area contributed by atoms with E-state index >= 15 is 0 Å². The maximum absolute atomic E-state index is 12.4. The Hall–Kier alpha value is -2.04. The number of carbonyl (C=O) groups is 2. The van der Waals surface area contributed by atoms with E-state index in [1.54, 1.807) is 6.92 Å². The first-order chi connectivity index (χ1) is 10.6. The van der Waals surface area contributed by atoms with Crippen molar-refractivity contribution in [1.29, 1.82) is 0 Å². The second kappa shape index (κ2) is 7.82. The zero-order valence-electron chi connectivity index (χ0n) is 13.3. The molecule has 0 bridgehead atoms. The summed E-state index contributed by atoms with van der Waals surface area (Å²) in [6.45, 7) is 5.48. The van der Waals surface area contributed by atoms with Crippen LogP contribution in [0.4, 0.5) is 4.79 Å². The smallest absolute Gasteiger partial charge is 0.407 e. The summed E-state index contributed by atoms with van der Waals surface area (Å²) in [5.74, 6) is 0.110. The Balaban J connectivity index is 1.87. The fourth-order valence-electron chi connectivity index (χ4n) is 2.65. The minimum Gasteiger partial charge on any atom is -0.450 e. The number of piperidine rings is 1. The summed E-state index contributed by atoms with van der Waals surface area (Å²) in [5, 5.41) is 2.82. The van der Waals surface area contributed by atoms with Gasteiger partial charge < -0.3 is 15.0 Å². The predicted octanol–water partition coefficient (Wildman–Crippen LogP) is 2.27. The van der Waals surface area contributed by atoms with Crippen molar-refractivity contribution in [2.75, 3.05) is 19.7 Å². The average molecular weight is 304 g/mol. The largest absolute Gasteiger partial charge is 0.450 e. The zero-order valence-corrected chi connectivity index (χ0v) is 13.3. The van der Waals surface area contributed by atoms with Crippen LogP contribution < -0.4 is 5.32 Å². The Morgan fingerprint density at radius 3 is 2.73 bits per heavy atom. The fourth-order valence-corrected chi connectivity index (χ4v) is 2.65. The Morgan fingerprint density at radius 2 is 2.05 bits per heavy atom. The van der Waals surface area contributed by atoms with E-state index in [0.717, 1.165) is 24.9 Å². The summed E-state index contributed by atoms with van der Waals surface area (Å²) >= 11 is 0. The summed E-state index contributed by atoms with van der Waals surface area (Å²) in [6, 6.07) is 8.00. The topological polar surface area (TPSA) is 58.6 Å². The van der Waals surface area contributed by atoms with Crippen molar-refractivity contribution in [2.45, 2.75) is 39.2 Å². The molecule has 0 aliphatic carbocycles. The molecule has 0 radical (unpaired) electrons. The number of carbonyl (C=O) groups excluding carboxylic acids is 2. The van der Waals surface area contributed by atoms with E-state index in [1.807, 2.05) is 36.1 Å². The summed E-state index contributed by atoms with van der Waals surface area (Å²) in [6.07, 6.45) is 1.79. The van der Waals surface area contributed by atoms with E-state index in [4.69, 9.17) is 4.74 Å². The van der Waals surface area contributed by atoms with Gasteiger partial charge in [-0.1, -0.05) is 29.8 Å². The number of hydrogen-bond donors (Lipinski definition) is 1. The number of likely N-dealkylation sites (tertiary alicyclic amines) is 1. The van der Waals surface area contributed by atoms with E-state index in [1.165, 1.54) is 5.56 Å². The summed E-state index contributed by atoms with van der Waals surface area (Å²) in [4.78, 5) is 25.7. The van der Waals surface area contributed by atoms with Crippen molar-refractivity contribution in [3.8, 4) is 0 Å². The van der Waals surface area contributed by atoms with Gasteiger partial charge in [-0.15, -0.1) is 0 Å². The highest BCUT2D eigenvalue weighted by Crippen LogP contribution is 2.13. The van der Waals surface area contributed by atoms with Gasteiger partial charge >= 0.3 is 6.09 Å². The number of nitrogens with one attached hydrogen (secondary N) is 1. The van der Waals surface area contributed by atoms with E-state index in [-0.39, 0.29) is 11.9 Å². The van der Waals surface area contributed by atoms with Crippen molar-refractivity contribution in [1.82, 2.24) is 10.2 Å². The van der Waals surface area contributed by atoms with Gasteiger partial charge in [0, 0.05) is 19.1 Å². The van der Waals surface area contributed by atoms with Gasteiger partial charge in [0.2, 0.25) is 5.91 Å². The third-order valence-electron chi connectivity index (χ3n) is 3.85. The molecule has 1 unspecified atom stereocenters. The van der Waals surface area contributed by atoms with Crippen molar-refractivity contribution >= 4 is 12.0 Å². The fraction of sp³-hybridized carbons (Fsp3) is 0.529. The van der Waals surface area contributed by atoms with Gasteiger partial charge in [-0.3, -0.25) is 4.79 Å². The van der Waals surface area contributed by atoms with E-state index < -0.39 is 6.09 Å². The Morgan fingerprint density at radius 1 is 1.32 bits per heavy atom. The molecular weight excluding hydrogens is 280 g/mol. The van der Waals surface area contributed by atoms with Gasteiger partial charge in [0.05, 0.1) is 13.0 Å². The van der Waals surface area contributed by atoms with Gasteiger partial charge in [0.25, 0.3) is 0 Å². The van der Waals surface area contributed by atoms with Crippen LogP contribution in [0.5, 0.6) is 0 Å². The van der Waals surface area contributed by atoms with Gasteiger partial charge in [0.15, 0.2) is 0 Å². The second-order valence-corrected chi connectivity index (χ2v) is 5.71. The van der Waals surface area contributed by atoms with Crippen LogP contribution in [0.2, 0.25) is 0 Å². The van der Waals surface area contributed by atoms with Crippen LogP contribution in [0.3, 0.4) is 0 Å². The lowest BCUT2D eigenvalue weighted by atomic mass is 10.0. The molecular formula is C17H24N2O3. The molecule has 1 N–H and O–H groups in total. The molecule has 22 heavy (non-hydrogen) atoms. The molecule has 1 heterocycles. The first kappa shape index (κ1) is 16.3. The van der Waals surface area contributed by atoms with Crippen molar-refractivity contribution < 1.29 is 14.3 Å². The first-order valence-electron chi connectivity index (χ1n) is 7.85. The van der Waals surface area contributed by atoms with Crippen LogP contribution in [-0.2, 0) is 16.0 Å². The predicted molar refractivity (Wildman–Crippen MR) is 84.6 cm³/mol. The number of nitrogens with zero attached hydrogens (tertiary/aromatic N) is 1. The molecule has 1 atom stereocenters. The molecule has 1 aliphatic rings. The third-order valence-corrected chi connectivity index (χ3v) is 3.85. The molecule has 2 amide bonds. The van der Waals surface area contributed by atoms with Gasteiger partial charge in [0.1, 0.15) is 0 Å². The minimum atomic E-state index is -0.402. The summed E-state index contributed by atoms with van der Waals surface area (Å²) < 4.78 is 4.89. The quantitative estimate of drug-likeness (QED) is 0.928. The molecule has 1 saturated heterocycles. The molecule has 0 saturated carbocycles. The number of ether oxygens (including phenoxy) is 1. The molecule has 0 spiro atoms. The molecule has 0 aromatic heterocycles. The molecule has 120 valence electrons. The standard InChI is InChI=1S/C17H24N2O3/c1-3-22-17(21)18-15-5-4-10-19(12-15)16(20)11-14-8-6-13(2)7-9-14/h6-9,15H,3-5,10-12H2,1-2H3,(H,18,21). The number of alkyl carbamates (subject to hydrolysis) is 1. The van der Waals surface area contributed by atoms with Gasteiger partial charge in [-0.05, 0) is 32.3 Å². The van der Waals surface area contributed by atoms with Crippen LogP contribution in [-0.4, -0.2) is 42.6 Å². The van der Waals surface area contributed by atoms with E-state index in [0.29, 0.717) is 19.6 Å². The average Bonchev–Trinajstić information content (AvgIpc) is 2.50. The van der Waals surface area contributed by atoms with Crippen LogP contribution in [0.15, 0.2) is 24.3 Å². The highest BCUT2D eigenvalue weighted by molar-refractivity contribution is 5.79. The molecule has 1 fully saturated rings. The number of benzene rings is 1. The summed E-state index contributed by atoms with van der Waals surface area (Å²) in [7, 11) is 0. The third kappa shape index (κ3) is 4.76. The Bertz CT molecular complexity index is 513. The molecule has 5 heteroatoms. The lowest BCUT2D eigenvalue weighted by Crippen LogP contribution is -2.50. The number of rotatable bonds is 4.